The van der Waals surface area contributed by atoms with Gasteiger partial charge in [0.25, 0.3) is 0 Å². The Morgan fingerprint density at radius 1 is 1.17 bits per heavy atom. The van der Waals surface area contributed by atoms with Crippen molar-refractivity contribution in [3.8, 4) is 0 Å². The maximum absolute atomic E-state index is 13.4. The van der Waals surface area contributed by atoms with Crippen molar-refractivity contribution in [2.24, 2.45) is 12.8 Å². The van der Waals surface area contributed by atoms with E-state index < -0.39 is 11.5 Å². The number of hydrogen-bond donors (Lipinski definition) is 5. The Balaban J connectivity index is 0.00000361. The van der Waals surface area contributed by atoms with Crippen molar-refractivity contribution >= 4 is 46.8 Å². The van der Waals surface area contributed by atoms with Crippen LogP contribution in [0.1, 0.15) is 36.7 Å². The number of benzene rings is 2. The maximum atomic E-state index is 13.4. The number of carboxylic acid groups (broad SMARTS) is 1. The molecule has 2 aromatic carbocycles. The summed E-state index contributed by atoms with van der Waals surface area (Å²) in [5, 5.41) is 23.1. The Bertz CT molecular complexity index is 1270. The van der Waals surface area contributed by atoms with Gasteiger partial charge >= 0.3 is 5.97 Å². The number of amidine groups is 1. The lowest BCUT2D eigenvalue weighted by Crippen LogP contribution is -2.54. The highest BCUT2D eigenvalue weighted by atomic mass is 35.5. The van der Waals surface area contributed by atoms with Crippen molar-refractivity contribution < 1.29 is 14.7 Å². The third kappa shape index (κ3) is 5.44. The third-order valence-electron chi connectivity index (χ3n) is 6.61. The first-order valence-corrected chi connectivity index (χ1v) is 11.6. The number of imidazole rings is 1. The predicted octanol–water partition coefficient (Wildman–Crippen LogP) is 2.40. The lowest BCUT2D eigenvalue weighted by atomic mass is 9.89. The maximum Gasteiger partial charge on any atom is 0.317 e. The topological polar surface area (TPSA) is 149 Å². The number of amides is 1. The largest absolute Gasteiger partial charge is 0.480 e. The van der Waals surface area contributed by atoms with Crippen LogP contribution >= 0.6 is 12.4 Å². The number of nitrogens with one attached hydrogen (secondary N) is 3. The fraction of sp³-hybridized carbons (Fsp3) is 0.360. The Labute approximate surface area is 215 Å². The van der Waals surface area contributed by atoms with E-state index in [0.29, 0.717) is 30.8 Å². The van der Waals surface area contributed by atoms with Gasteiger partial charge in [-0.25, -0.2) is 4.98 Å². The molecule has 0 bridgehead atoms. The van der Waals surface area contributed by atoms with Crippen LogP contribution in [0.3, 0.4) is 0 Å². The number of fused-ring (bicyclic) bond motifs is 1. The second kappa shape index (κ2) is 11.0. The number of nitrogens with zero attached hydrogens (tertiary/aromatic N) is 3. The monoisotopic (exact) mass is 513 g/mol. The zero-order chi connectivity index (χ0) is 25.2. The van der Waals surface area contributed by atoms with Crippen LogP contribution in [0.25, 0.3) is 11.0 Å². The molecule has 1 aromatic heterocycles. The summed E-state index contributed by atoms with van der Waals surface area (Å²) in [6.45, 7) is 3.25. The number of halogens is 1. The molecule has 10 nitrogen and oxygen atoms in total. The van der Waals surface area contributed by atoms with Crippen molar-refractivity contribution in [3.63, 3.8) is 0 Å². The first-order chi connectivity index (χ1) is 16.7. The molecule has 0 radical (unpaired) electrons. The Hall–Kier alpha value is -3.63. The van der Waals surface area contributed by atoms with Crippen molar-refractivity contribution in [2.45, 2.75) is 31.8 Å². The first-order valence-electron chi connectivity index (χ1n) is 11.6. The van der Waals surface area contributed by atoms with Crippen LogP contribution in [0, 0.1) is 5.41 Å². The molecule has 2 heterocycles. The fourth-order valence-electron chi connectivity index (χ4n) is 4.46. The highest BCUT2D eigenvalue weighted by molar-refractivity contribution is 5.95. The molecule has 1 amide bonds. The summed E-state index contributed by atoms with van der Waals surface area (Å²) in [6.07, 6.45) is 1.90. The Morgan fingerprint density at radius 2 is 1.83 bits per heavy atom. The lowest BCUT2D eigenvalue weighted by molar-refractivity contribution is -0.139. The number of carboxylic acids is 1. The van der Waals surface area contributed by atoms with E-state index in [9.17, 15) is 14.7 Å². The number of aryl methyl sites for hydroxylation is 1. The molecule has 1 aliphatic rings. The molecule has 0 aliphatic carbocycles. The zero-order valence-electron chi connectivity index (χ0n) is 20.4. The Morgan fingerprint density at radius 3 is 2.44 bits per heavy atom. The Kier molecular flexibility index (Phi) is 8.21. The van der Waals surface area contributed by atoms with E-state index >= 15 is 0 Å². The molecule has 0 saturated carbocycles. The summed E-state index contributed by atoms with van der Waals surface area (Å²) < 4.78 is 1.99. The van der Waals surface area contributed by atoms with Gasteiger partial charge in [0.2, 0.25) is 5.91 Å². The van der Waals surface area contributed by atoms with Crippen molar-refractivity contribution in [1.29, 1.82) is 5.41 Å². The van der Waals surface area contributed by atoms with Crippen LogP contribution in [0.2, 0.25) is 0 Å². The number of nitrogen functional groups attached to an aromatic ring is 1. The van der Waals surface area contributed by atoms with E-state index in [1.807, 2.05) is 41.9 Å². The molecule has 11 heteroatoms. The number of carbonyl (C=O) groups is 2. The van der Waals surface area contributed by atoms with Gasteiger partial charge in [0, 0.05) is 31.4 Å². The summed E-state index contributed by atoms with van der Waals surface area (Å²) in [5.41, 5.74) is 8.20. The van der Waals surface area contributed by atoms with E-state index in [-0.39, 0.29) is 30.7 Å². The number of likely N-dealkylation sites (tertiary alicyclic amines) is 1. The van der Waals surface area contributed by atoms with Gasteiger partial charge < -0.3 is 25.6 Å². The highest BCUT2D eigenvalue weighted by Gasteiger charge is 2.39. The highest BCUT2D eigenvalue weighted by Crippen LogP contribution is 2.29. The molecule has 0 unspecified atom stereocenters. The average molecular weight is 514 g/mol. The number of aliphatic carboxylic acids is 1. The molecule has 1 atom stereocenters. The minimum atomic E-state index is -1.18. The zero-order valence-corrected chi connectivity index (χ0v) is 21.2. The number of anilines is 1. The normalized spacial score (nSPS) is 14.8. The van der Waals surface area contributed by atoms with Gasteiger partial charge in [-0.1, -0.05) is 6.07 Å². The van der Waals surface area contributed by atoms with E-state index in [0.717, 1.165) is 35.4 Å². The summed E-state index contributed by atoms with van der Waals surface area (Å²) in [4.78, 5) is 31.3. The molecule has 1 aliphatic heterocycles. The van der Waals surface area contributed by atoms with Gasteiger partial charge in [0.1, 0.15) is 17.2 Å². The van der Waals surface area contributed by atoms with Crippen molar-refractivity contribution in [3.05, 3.63) is 59.4 Å². The van der Waals surface area contributed by atoms with Crippen LogP contribution in [0.15, 0.2) is 42.5 Å². The number of nitrogens with two attached hydrogens (primary N) is 1. The van der Waals surface area contributed by atoms with Gasteiger partial charge in [0.05, 0.1) is 24.1 Å². The van der Waals surface area contributed by atoms with Crippen LogP contribution < -0.4 is 16.4 Å². The smallest absolute Gasteiger partial charge is 0.317 e. The molecular weight excluding hydrogens is 482 g/mol. The van der Waals surface area contributed by atoms with E-state index in [4.69, 9.17) is 16.1 Å². The van der Waals surface area contributed by atoms with E-state index in [2.05, 4.69) is 10.6 Å². The molecule has 36 heavy (non-hydrogen) atoms. The summed E-state index contributed by atoms with van der Waals surface area (Å²) in [6, 6.07) is 12.9. The third-order valence-corrected chi connectivity index (χ3v) is 6.61. The second-order valence-corrected chi connectivity index (χ2v) is 9.01. The lowest BCUT2D eigenvalue weighted by Gasteiger charge is -2.33. The molecule has 192 valence electrons. The fourth-order valence-corrected chi connectivity index (χ4v) is 4.46. The van der Waals surface area contributed by atoms with E-state index in [1.54, 1.807) is 24.0 Å². The van der Waals surface area contributed by atoms with Gasteiger partial charge in [-0.15, -0.1) is 12.4 Å². The van der Waals surface area contributed by atoms with Crippen LogP contribution in [-0.4, -0.2) is 56.9 Å². The minimum absolute atomic E-state index is 0. The summed E-state index contributed by atoms with van der Waals surface area (Å²) in [5.74, 6) is -0.314. The number of aromatic nitrogens is 2. The molecule has 0 spiro atoms. The van der Waals surface area contributed by atoms with Crippen molar-refractivity contribution in [1.82, 2.24) is 19.8 Å². The predicted molar refractivity (Wildman–Crippen MR) is 142 cm³/mol. The SMILES string of the molecule is Cl.Cn1c(CNc2ccc(C(=N)N)cc2)nc2cc([C@@](C)(NCC(=O)O)C(=O)N3CCCC3)ccc21. The number of hydrogen-bond acceptors (Lipinski definition) is 6. The minimum Gasteiger partial charge on any atom is -0.480 e. The standard InChI is InChI=1S/C25H31N7O3.ClH/c1-25(29-15-22(33)34,24(35)32-11-3-4-12-32)17-7-10-20-19(13-17)30-21(31(20)2)14-28-18-8-5-16(6-9-18)23(26)27;/h5-10,13,28-29H,3-4,11-12,14-15H2,1-2H3,(H3,26,27)(H,33,34);1H/t25-;/m1./s1. The summed E-state index contributed by atoms with van der Waals surface area (Å²) >= 11 is 0. The van der Waals surface area contributed by atoms with Gasteiger partial charge in [-0.2, -0.15) is 0 Å². The molecule has 4 rings (SSSR count). The quantitative estimate of drug-likeness (QED) is 0.218. The molecule has 3 aromatic rings. The second-order valence-electron chi connectivity index (χ2n) is 9.01. The molecule has 1 fully saturated rings. The molecule has 6 N–H and O–H groups in total. The average Bonchev–Trinajstić information content (AvgIpc) is 3.49. The molecular formula is C25H32ClN7O3. The van der Waals surface area contributed by atoms with Gasteiger partial charge in [-0.05, 0) is 61.7 Å². The molecule has 1 saturated heterocycles. The van der Waals surface area contributed by atoms with Gasteiger partial charge in [0.15, 0.2) is 0 Å². The van der Waals surface area contributed by atoms with Crippen LogP contribution in [0.5, 0.6) is 0 Å². The van der Waals surface area contributed by atoms with E-state index in [1.165, 1.54) is 0 Å². The number of carbonyl (C=O) groups excluding carboxylic acids is 1. The van der Waals surface area contributed by atoms with Gasteiger partial charge in [-0.3, -0.25) is 20.3 Å². The van der Waals surface area contributed by atoms with Crippen LogP contribution in [0.4, 0.5) is 5.69 Å². The van der Waals surface area contributed by atoms with Crippen LogP contribution in [-0.2, 0) is 28.7 Å². The number of rotatable bonds is 9. The first kappa shape index (κ1) is 27.0. The van der Waals surface area contributed by atoms with Crippen molar-refractivity contribution in [2.75, 3.05) is 25.0 Å². The summed E-state index contributed by atoms with van der Waals surface area (Å²) in [7, 11) is 1.93.